The molecule has 0 saturated heterocycles. The van der Waals surface area contributed by atoms with E-state index in [9.17, 15) is 10.1 Å². The van der Waals surface area contributed by atoms with Gasteiger partial charge in [0.25, 0.3) is 0 Å². The zero-order valence-electron chi connectivity index (χ0n) is 11.0. The molecule has 0 bridgehead atoms. The van der Waals surface area contributed by atoms with E-state index in [0.717, 1.165) is 6.54 Å². The predicted molar refractivity (Wildman–Crippen MR) is 69.7 cm³/mol. The summed E-state index contributed by atoms with van der Waals surface area (Å²) in [7, 11) is 1.80. The van der Waals surface area contributed by atoms with Gasteiger partial charge in [-0.1, -0.05) is 19.3 Å². The van der Waals surface area contributed by atoms with Crippen LogP contribution in [0.4, 0.5) is 11.6 Å². The van der Waals surface area contributed by atoms with Crippen molar-refractivity contribution in [2.45, 2.75) is 39.0 Å². The molecule has 2 rings (SSSR count). The van der Waals surface area contributed by atoms with Crippen molar-refractivity contribution in [3.63, 3.8) is 0 Å². The lowest BCUT2D eigenvalue weighted by Gasteiger charge is -2.21. The normalized spacial score (nSPS) is 16.8. The van der Waals surface area contributed by atoms with Gasteiger partial charge >= 0.3 is 5.82 Å². The van der Waals surface area contributed by atoms with E-state index in [2.05, 4.69) is 10.3 Å². The summed E-state index contributed by atoms with van der Waals surface area (Å²) in [6.07, 6.45) is 6.31. The van der Waals surface area contributed by atoms with Gasteiger partial charge in [-0.3, -0.25) is 4.57 Å². The Morgan fingerprint density at radius 2 is 2.11 bits per heavy atom. The Hall–Kier alpha value is -1.59. The lowest BCUT2D eigenvalue weighted by atomic mass is 9.89. The summed E-state index contributed by atoms with van der Waals surface area (Å²) in [5.41, 5.74) is 0. The largest absolute Gasteiger partial charge is 0.406 e. The molecule has 0 radical (unpaired) electrons. The van der Waals surface area contributed by atoms with Gasteiger partial charge in [0.1, 0.15) is 0 Å². The van der Waals surface area contributed by atoms with Gasteiger partial charge in [-0.25, -0.2) is 0 Å². The zero-order valence-corrected chi connectivity index (χ0v) is 11.0. The second-order valence-electron chi connectivity index (χ2n) is 5.03. The van der Waals surface area contributed by atoms with Gasteiger partial charge in [0.2, 0.25) is 11.6 Å². The maximum Gasteiger partial charge on any atom is 0.406 e. The lowest BCUT2D eigenvalue weighted by Crippen LogP contribution is -2.18. The maximum absolute atomic E-state index is 10.9. The van der Waals surface area contributed by atoms with Crippen LogP contribution in [0.5, 0.6) is 0 Å². The molecular weight excluding hydrogens is 232 g/mol. The van der Waals surface area contributed by atoms with E-state index in [1.165, 1.54) is 32.1 Å². The summed E-state index contributed by atoms with van der Waals surface area (Å²) in [6.45, 7) is 2.58. The number of aromatic nitrogens is 2. The molecule has 1 N–H and O–H groups in total. The van der Waals surface area contributed by atoms with Crippen LogP contribution in [0.1, 0.15) is 37.9 Å². The molecule has 0 spiro atoms. The SMILES string of the molecule is Cc1nc([N+](=O)[O-])c(NCC2CCCCC2)n1C. The third kappa shape index (κ3) is 2.63. The van der Waals surface area contributed by atoms with Crippen molar-refractivity contribution in [3.05, 3.63) is 15.9 Å². The molecule has 1 aromatic heterocycles. The van der Waals surface area contributed by atoms with Gasteiger partial charge in [-0.15, -0.1) is 0 Å². The van der Waals surface area contributed by atoms with Crippen molar-refractivity contribution >= 4 is 11.6 Å². The molecule has 1 heterocycles. The van der Waals surface area contributed by atoms with Crippen LogP contribution in [-0.4, -0.2) is 21.0 Å². The van der Waals surface area contributed by atoms with E-state index in [-0.39, 0.29) is 5.82 Å². The standard InChI is InChI=1S/C12H20N4O2/c1-9-14-12(16(17)18)11(15(9)2)13-8-10-6-4-3-5-7-10/h10,13H,3-8H2,1-2H3. The van der Waals surface area contributed by atoms with Crippen LogP contribution in [0.2, 0.25) is 0 Å². The minimum atomic E-state index is -0.420. The van der Waals surface area contributed by atoms with Gasteiger partial charge in [-0.05, 0) is 28.7 Å². The van der Waals surface area contributed by atoms with Crippen LogP contribution < -0.4 is 5.32 Å². The van der Waals surface area contributed by atoms with Crippen LogP contribution >= 0.6 is 0 Å². The average Bonchev–Trinajstić information content (AvgIpc) is 2.65. The summed E-state index contributed by atoms with van der Waals surface area (Å²) < 4.78 is 1.75. The van der Waals surface area contributed by atoms with E-state index in [1.807, 2.05) is 0 Å². The first-order valence-corrected chi connectivity index (χ1v) is 6.51. The van der Waals surface area contributed by atoms with Crippen LogP contribution in [0, 0.1) is 23.0 Å². The summed E-state index contributed by atoms with van der Waals surface area (Å²) in [4.78, 5) is 14.5. The quantitative estimate of drug-likeness (QED) is 0.660. The number of hydrogen-bond donors (Lipinski definition) is 1. The van der Waals surface area contributed by atoms with E-state index in [1.54, 1.807) is 18.5 Å². The minimum Gasteiger partial charge on any atom is -0.364 e. The Morgan fingerprint density at radius 1 is 1.44 bits per heavy atom. The van der Waals surface area contributed by atoms with E-state index in [4.69, 9.17) is 0 Å². The molecule has 0 unspecified atom stereocenters. The smallest absolute Gasteiger partial charge is 0.364 e. The van der Waals surface area contributed by atoms with E-state index < -0.39 is 4.92 Å². The number of nitro groups is 1. The summed E-state index contributed by atoms with van der Waals surface area (Å²) in [5, 5.41) is 14.1. The topological polar surface area (TPSA) is 73.0 Å². The number of imidazole rings is 1. The summed E-state index contributed by atoms with van der Waals surface area (Å²) >= 11 is 0. The van der Waals surface area contributed by atoms with Gasteiger partial charge in [0.15, 0.2) is 0 Å². The number of hydrogen-bond acceptors (Lipinski definition) is 4. The molecule has 0 aliphatic heterocycles. The predicted octanol–water partition coefficient (Wildman–Crippen LogP) is 2.63. The Kier molecular flexibility index (Phi) is 3.84. The molecule has 0 amide bonds. The number of nitrogens with one attached hydrogen (secondary N) is 1. The number of nitrogens with zero attached hydrogens (tertiary/aromatic N) is 3. The number of aryl methyl sites for hydroxylation is 1. The van der Waals surface area contributed by atoms with Crippen molar-refractivity contribution in [1.82, 2.24) is 9.55 Å². The summed E-state index contributed by atoms with van der Waals surface area (Å²) in [5.74, 6) is 1.76. The average molecular weight is 252 g/mol. The highest BCUT2D eigenvalue weighted by Crippen LogP contribution is 2.27. The second kappa shape index (κ2) is 5.37. The molecule has 6 heteroatoms. The molecule has 1 aromatic rings. The molecule has 100 valence electrons. The first-order chi connectivity index (χ1) is 8.59. The lowest BCUT2D eigenvalue weighted by molar-refractivity contribution is -0.388. The molecule has 1 saturated carbocycles. The highest BCUT2D eigenvalue weighted by molar-refractivity contribution is 5.53. The van der Waals surface area contributed by atoms with Gasteiger partial charge in [-0.2, -0.15) is 0 Å². The fourth-order valence-electron chi connectivity index (χ4n) is 2.55. The summed E-state index contributed by atoms with van der Waals surface area (Å²) in [6, 6.07) is 0. The second-order valence-corrected chi connectivity index (χ2v) is 5.03. The van der Waals surface area contributed by atoms with Crippen molar-refractivity contribution < 1.29 is 4.92 Å². The molecule has 0 atom stereocenters. The fraction of sp³-hybridized carbons (Fsp3) is 0.750. The zero-order chi connectivity index (χ0) is 13.1. The van der Waals surface area contributed by atoms with Crippen molar-refractivity contribution in [3.8, 4) is 0 Å². The Labute approximate surface area is 107 Å². The Bertz CT molecular complexity index is 436. The monoisotopic (exact) mass is 252 g/mol. The minimum absolute atomic E-state index is 0.0641. The van der Waals surface area contributed by atoms with Crippen LogP contribution in [0.25, 0.3) is 0 Å². The highest BCUT2D eigenvalue weighted by atomic mass is 16.6. The number of rotatable bonds is 4. The van der Waals surface area contributed by atoms with E-state index >= 15 is 0 Å². The molecule has 0 aromatic carbocycles. The Morgan fingerprint density at radius 3 is 2.72 bits per heavy atom. The van der Waals surface area contributed by atoms with Crippen molar-refractivity contribution in [1.29, 1.82) is 0 Å². The van der Waals surface area contributed by atoms with E-state index in [0.29, 0.717) is 17.6 Å². The molecule has 6 nitrogen and oxygen atoms in total. The molecular formula is C12H20N4O2. The van der Waals surface area contributed by atoms with Gasteiger partial charge in [0, 0.05) is 20.5 Å². The van der Waals surface area contributed by atoms with Crippen molar-refractivity contribution in [2.75, 3.05) is 11.9 Å². The van der Waals surface area contributed by atoms with Crippen LogP contribution in [0.15, 0.2) is 0 Å². The molecule has 18 heavy (non-hydrogen) atoms. The van der Waals surface area contributed by atoms with Crippen LogP contribution in [-0.2, 0) is 7.05 Å². The fourth-order valence-corrected chi connectivity index (χ4v) is 2.55. The van der Waals surface area contributed by atoms with Crippen LogP contribution in [0.3, 0.4) is 0 Å². The maximum atomic E-state index is 10.9. The molecule has 1 fully saturated rings. The van der Waals surface area contributed by atoms with Gasteiger partial charge in [0.05, 0.1) is 0 Å². The first kappa shape index (κ1) is 12.9. The third-order valence-electron chi connectivity index (χ3n) is 3.76. The van der Waals surface area contributed by atoms with Gasteiger partial charge < -0.3 is 15.4 Å². The Balaban J connectivity index is 2.05. The third-order valence-corrected chi connectivity index (χ3v) is 3.76. The molecule has 1 aliphatic carbocycles. The van der Waals surface area contributed by atoms with Crippen molar-refractivity contribution in [2.24, 2.45) is 13.0 Å². The number of anilines is 1. The molecule has 1 aliphatic rings. The first-order valence-electron chi connectivity index (χ1n) is 6.51. The highest BCUT2D eigenvalue weighted by Gasteiger charge is 2.24.